The molecule has 1 aliphatic carbocycles. The van der Waals surface area contributed by atoms with E-state index in [9.17, 15) is 9.59 Å². The second kappa shape index (κ2) is 7.03. The topological polar surface area (TPSA) is 40.6 Å². The molecule has 2 saturated heterocycles. The fraction of sp³-hybridized carbons (Fsp3) is 0.478. The van der Waals surface area contributed by atoms with Crippen LogP contribution in [0.4, 0.5) is 0 Å². The van der Waals surface area contributed by atoms with Gasteiger partial charge in [0.25, 0.3) is 5.91 Å². The van der Waals surface area contributed by atoms with Crippen LogP contribution in [-0.4, -0.2) is 47.8 Å². The lowest BCUT2D eigenvalue weighted by Crippen LogP contribution is -2.44. The number of nitrogens with zero attached hydrogens (tertiary/aromatic N) is 2. The first-order valence-electron chi connectivity index (χ1n) is 10.4. The summed E-state index contributed by atoms with van der Waals surface area (Å²) < 4.78 is 0. The van der Waals surface area contributed by atoms with Gasteiger partial charge in [-0.3, -0.25) is 9.59 Å². The van der Waals surface area contributed by atoms with Crippen LogP contribution in [0, 0.1) is 0 Å². The molecule has 1 aromatic carbocycles. The number of carbonyl (C=O) groups is 2. The fourth-order valence-electron chi connectivity index (χ4n) is 5.45. The molecule has 0 radical (unpaired) electrons. The predicted molar refractivity (Wildman–Crippen MR) is 111 cm³/mol. The van der Waals surface area contributed by atoms with Gasteiger partial charge >= 0.3 is 0 Å². The van der Waals surface area contributed by atoms with Crippen molar-refractivity contribution in [3.8, 4) is 0 Å². The molecule has 2 fully saturated rings. The van der Waals surface area contributed by atoms with Crippen LogP contribution in [0.5, 0.6) is 0 Å². The van der Waals surface area contributed by atoms with E-state index in [0.29, 0.717) is 5.91 Å². The van der Waals surface area contributed by atoms with E-state index in [0.717, 1.165) is 63.8 Å². The van der Waals surface area contributed by atoms with Gasteiger partial charge in [0.05, 0.1) is 11.5 Å². The number of likely N-dealkylation sites (tertiary alicyclic amines) is 2. The highest BCUT2D eigenvalue weighted by molar-refractivity contribution is 7.08. The highest BCUT2D eigenvalue weighted by atomic mass is 32.1. The summed E-state index contributed by atoms with van der Waals surface area (Å²) in [6.45, 7) is 3.36. The van der Waals surface area contributed by atoms with Crippen LogP contribution in [0.2, 0.25) is 0 Å². The third-order valence-corrected chi connectivity index (χ3v) is 7.68. The van der Waals surface area contributed by atoms with Crippen molar-refractivity contribution >= 4 is 23.2 Å². The Balaban J connectivity index is 1.37. The Bertz CT molecular complexity index is 878. The van der Waals surface area contributed by atoms with Crippen LogP contribution in [0.1, 0.15) is 59.5 Å². The minimum absolute atomic E-state index is 0.00609. The Morgan fingerprint density at radius 3 is 2.43 bits per heavy atom. The zero-order chi connectivity index (χ0) is 19.1. The van der Waals surface area contributed by atoms with Gasteiger partial charge in [-0.15, -0.1) is 0 Å². The largest absolute Gasteiger partial charge is 0.342 e. The zero-order valence-corrected chi connectivity index (χ0v) is 16.9. The lowest BCUT2D eigenvalue weighted by molar-refractivity contribution is -0.132. The first kappa shape index (κ1) is 17.9. The molecule has 5 rings (SSSR count). The number of fused-ring (bicyclic) bond motifs is 2. The summed E-state index contributed by atoms with van der Waals surface area (Å²) >= 11 is 1.57. The van der Waals surface area contributed by atoms with Crippen molar-refractivity contribution in [1.82, 2.24) is 9.80 Å². The van der Waals surface area contributed by atoms with Gasteiger partial charge in [0, 0.05) is 37.0 Å². The minimum atomic E-state index is -0.00609. The molecular weight excluding hydrogens is 368 g/mol. The molecule has 1 aromatic heterocycles. The predicted octanol–water partition coefficient (Wildman–Crippen LogP) is 4.03. The van der Waals surface area contributed by atoms with Crippen molar-refractivity contribution in [2.75, 3.05) is 26.2 Å². The normalized spacial score (nSPS) is 23.2. The Hall–Kier alpha value is -2.14. The summed E-state index contributed by atoms with van der Waals surface area (Å²) in [5.41, 5.74) is 3.43. The molecule has 1 unspecified atom stereocenters. The maximum Gasteiger partial charge on any atom is 0.254 e. The lowest BCUT2D eigenvalue weighted by Gasteiger charge is -2.40. The molecule has 2 aliphatic heterocycles. The molecule has 1 atom stereocenters. The molecule has 2 amide bonds. The monoisotopic (exact) mass is 394 g/mol. The number of benzene rings is 1. The van der Waals surface area contributed by atoms with Gasteiger partial charge in [0.15, 0.2) is 0 Å². The summed E-state index contributed by atoms with van der Waals surface area (Å²) in [5, 5.41) is 3.89. The number of piperidine rings is 1. The molecule has 28 heavy (non-hydrogen) atoms. The molecule has 4 nitrogen and oxygen atoms in total. The van der Waals surface area contributed by atoms with Crippen LogP contribution < -0.4 is 0 Å². The smallest absolute Gasteiger partial charge is 0.254 e. The molecule has 0 bridgehead atoms. The number of hydrogen-bond donors (Lipinski definition) is 0. The van der Waals surface area contributed by atoms with Crippen LogP contribution in [0.15, 0.2) is 41.1 Å². The van der Waals surface area contributed by atoms with E-state index < -0.39 is 0 Å². The van der Waals surface area contributed by atoms with Crippen molar-refractivity contribution in [2.24, 2.45) is 0 Å². The van der Waals surface area contributed by atoms with E-state index in [1.54, 1.807) is 11.3 Å². The number of carbonyl (C=O) groups excluding carboxylic acids is 2. The number of rotatable bonds is 2. The van der Waals surface area contributed by atoms with Crippen molar-refractivity contribution in [3.05, 3.63) is 57.8 Å². The van der Waals surface area contributed by atoms with E-state index in [4.69, 9.17) is 0 Å². The van der Waals surface area contributed by atoms with Gasteiger partial charge in [-0.25, -0.2) is 0 Å². The third kappa shape index (κ3) is 2.87. The molecule has 2 aromatic rings. The summed E-state index contributed by atoms with van der Waals surface area (Å²) in [4.78, 5) is 30.0. The average Bonchev–Trinajstić information content (AvgIpc) is 3.49. The van der Waals surface area contributed by atoms with E-state index in [1.807, 2.05) is 21.7 Å². The first-order chi connectivity index (χ1) is 13.7. The van der Waals surface area contributed by atoms with Crippen molar-refractivity contribution in [2.45, 2.75) is 43.4 Å². The molecular formula is C23H26N2O2S. The Labute approximate surface area is 170 Å². The summed E-state index contributed by atoms with van der Waals surface area (Å²) in [6.07, 6.45) is 5.06. The van der Waals surface area contributed by atoms with Crippen molar-refractivity contribution < 1.29 is 9.59 Å². The zero-order valence-electron chi connectivity index (χ0n) is 16.1. The first-order valence-corrected chi connectivity index (χ1v) is 11.3. The van der Waals surface area contributed by atoms with Gasteiger partial charge in [-0.1, -0.05) is 24.3 Å². The third-order valence-electron chi connectivity index (χ3n) is 6.99. The molecule has 5 heteroatoms. The van der Waals surface area contributed by atoms with E-state index >= 15 is 0 Å². The quantitative estimate of drug-likeness (QED) is 0.772. The number of thiophene rings is 1. The van der Waals surface area contributed by atoms with Gasteiger partial charge < -0.3 is 9.80 Å². The maximum atomic E-state index is 13.2. The van der Waals surface area contributed by atoms with Crippen molar-refractivity contribution in [3.63, 3.8) is 0 Å². The van der Waals surface area contributed by atoms with Crippen LogP contribution in [0.3, 0.4) is 0 Å². The van der Waals surface area contributed by atoms with Gasteiger partial charge in [-0.2, -0.15) is 11.3 Å². The molecule has 3 heterocycles. The van der Waals surface area contributed by atoms with E-state index in [-0.39, 0.29) is 17.2 Å². The summed E-state index contributed by atoms with van der Waals surface area (Å²) in [5.74, 6) is 0.458. The van der Waals surface area contributed by atoms with E-state index in [1.165, 1.54) is 11.1 Å². The second-order valence-electron chi connectivity index (χ2n) is 8.46. The average molecular weight is 395 g/mol. The van der Waals surface area contributed by atoms with Gasteiger partial charge in [0.1, 0.15) is 0 Å². The molecule has 3 aliphatic rings. The summed E-state index contributed by atoms with van der Waals surface area (Å²) in [6, 6.07) is 10.5. The minimum Gasteiger partial charge on any atom is -0.342 e. The van der Waals surface area contributed by atoms with Crippen molar-refractivity contribution in [1.29, 1.82) is 0 Å². The van der Waals surface area contributed by atoms with E-state index in [2.05, 4.69) is 29.2 Å². The van der Waals surface area contributed by atoms with Gasteiger partial charge in [0.2, 0.25) is 5.91 Å². The maximum absolute atomic E-state index is 13.2. The standard InChI is InChI=1S/C23H26N2O2S/c26-21(17-7-14-28-16-17)25-12-8-23(9-13-25)15-19(18-5-1-2-6-20(18)23)22(27)24-10-3-4-11-24/h1-2,5-7,14,16,19H,3-4,8-13,15H2. The SMILES string of the molecule is O=C(c1ccsc1)N1CCC2(CC1)CC(C(=O)N1CCCC1)c1ccccc12. The highest BCUT2D eigenvalue weighted by Crippen LogP contribution is 2.52. The Morgan fingerprint density at radius 1 is 0.964 bits per heavy atom. The highest BCUT2D eigenvalue weighted by Gasteiger charge is 2.48. The Morgan fingerprint density at radius 2 is 1.71 bits per heavy atom. The molecule has 0 saturated carbocycles. The second-order valence-corrected chi connectivity index (χ2v) is 9.24. The Kier molecular flexibility index (Phi) is 4.50. The molecule has 1 spiro atoms. The lowest BCUT2D eigenvalue weighted by atomic mass is 9.73. The van der Waals surface area contributed by atoms with Crippen LogP contribution in [-0.2, 0) is 10.2 Å². The number of hydrogen-bond acceptors (Lipinski definition) is 3. The van der Waals surface area contributed by atoms with Crippen LogP contribution >= 0.6 is 11.3 Å². The van der Waals surface area contributed by atoms with Crippen LogP contribution in [0.25, 0.3) is 0 Å². The van der Waals surface area contributed by atoms with Gasteiger partial charge in [-0.05, 0) is 54.7 Å². The fourth-order valence-corrected chi connectivity index (χ4v) is 6.08. The molecule has 146 valence electrons. The summed E-state index contributed by atoms with van der Waals surface area (Å²) in [7, 11) is 0. The molecule has 0 N–H and O–H groups in total. The number of amides is 2.